The lowest BCUT2D eigenvalue weighted by Crippen LogP contribution is -2.36. The summed E-state index contributed by atoms with van der Waals surface area (Å²) in [6.07, 6.45) is 5.87. The van der Waals surface area contributed by atoms with Crippen LogP contribution >= 0.6 is 11.3 Å². The maximum absolute atomic E-state index is 12.1. The van der Waals surface area contributed by atoms with Crippen molar-refractivity contribution >= 4 is 22.2 Å². The highest BCUT2D eigenvalue weighted by atomic mass is 32.1. The Hall–Kier alpha value is -1.42. The molecular weight excluding hydrogens is 286 g/mol. The Bertz CT molecular complexity index is 548. The van der Waals surface area contributed by atoms with E-state index in [0.29, 0.717) is 23.6 Å². The van der Waals surface area contributed by atoms with E-state index in [1.165, 1.54) is 22.6 Å². The van der Waals surface area contributed by atoms with Crippen LogP contribution < -0.4 is 11.1 Å². The number of thiophene rings is 1. The summed E-state index contributed by atoms with van der Waals surface area (Å²) in [5, 5.41) is 12.9. The molecule has 1 aromatic heterocycles. The lowest BCUT2D eigenvalue weighted by Gasteiger charge is -2.10. The van der Waals surface area contributed by atoms with Gasteiger partial charge in [0.1, 0.15) is 11.1 Å². The summed E-state index contributed by atoms with van der Waals surface area (Å²) in [4.78, 5) is 13.3. The van der Waals surface area contributed by atoms with Gasteiger partial charge in [-0.3, -0.25) is 4.79 Å². The molecule has 0 saturated carbocycles. The fourth-order valence-corrected chi connectivity index (χ4v) is 3.77. The van der Waals surface area contributed by atoms with Gasteiger partial charge in [0.25, 0.3) is 0 Å². The van der Waals surface area contributed by atoms with Gasteiger partial charge in [-0.05, 0) is 37.7 Å². The van der Waals surface area contributed by atoms with Gasteiger partial charge in [-0.15, -0.1) is 11.3 Å². The molecule has 1 amide bonds. The molecular formula is C15H21N3O2S. The Morgan fingerprint density at radius 1 is 1.48 bits per heavy atom. The highest BCUT2D eigenvalue weighted by Crippen LogP contribution is 2.36. The summed E-state index contributed by atoms with van der Waals surface area (Å²) in [6, 6.07) is 1.64. The van der Waals surface area contributed by atoms with E-state index in [9.17, 15) is 10.1 Å². The van der Waals surface area contributed by atoms with Gasteiger partial charge in [0.2, 0.25) is 5.91 Å². The Morgan fingerprint density at radius 3 is 2.95 bits per heavy atom. The van der Waals surface area contributed by atoms with Crippen molar-refractivity contribution in [2.75, 3.05) is 19.0 Å². The number of carbonyl (C=O) groups excluding carboxylic acids is 1. The fourth-order valence-electron chi connectivity index (χ4n) is 2.53. The average Bonchev–Trinajstić information content (AvgIpc) is 2.65. The summed E-state index contributed by atoms with van der Waals surface area (Å²) >= 11 is 1.53. The van der Waals surface area contributed by atoms with E-state index in [4.69, 9.17) is 10.5 Å². The molecule has 5 nitrogen and oxygen atoms in total. The smallest absolute Gasteiger partial charge is 0.242 e. The largest absolute Gasteiger partial charge is 0.385 e. The zero-order valence-corrected chi connectivity index (χ0v) is 13.1. The summed E-state index contributed by atoms with van der Waals surface area (Å²) in [7, 11) is 1.58. The number of nitriles is 1. The van der Waals surface area contributed by atoms with Gasteiger partial charge in [0.05, 0.1) is 11.6 Å². The van der Waals surface area contributed by atoms with Crippen molar-refractivity contribution in [3.05, 3.63) is 16.0 Å². The number of aryl methyl sites for hydroxylation is 1. The Morgan fingerprint density at radius 2 is 2.24 bits per heavy atom. The van der Waals surface area contributed by atoms with Crippen LogP contribution in [-0.2, 0) is 22.4 Å². The van der Waals surface area contributed by atoms with Crippen molar-refractivity contribution < 1.29 is 9.53 Å². The number of nitrogens with two attached hydrogens (primary N) is 1. The topological polar surface area (TPSA) is 88.1 Å². The fraction of sp³-hybridized carbons (Fsp3) is 0.600. The summed E-state index contributed by atoms with van der Waals surface area (Å²) in [6.45, 7) is 0.445. The van der Waals surface area contributed by atoms with Crippen molar-refractivity contribution in [2.24, 2.45) is 5.73 Å². The third kappa shape index (κ3) is 3.82. The summed E-state index contributed by atoms with van der Waals surface area (Å²) in [5.41, 5.74) is 7.57. The van der Waals surface area contributed by atoms with Crippen LogP contribution in [0.5, 0.6) is 0 Å². The maximum atomic E-state index is 12.1. The van der Waals surface area contributed by atoms with Crippen LogP contribution in [0, 0.1) is 11.3 Å². The maximum Gasteiger partial charge on any atom is 0.242 e. The minimum atomic E-state index is -0.613. The molecule has 0 bridgehead atoms. The number of anilines is 1. The number of rotatable bonds is 5. The van der Waals surface area contributed by atoms with E-state index in [-0.39, 0.29) is 5.91 Å². The van der Waals surface area contributed by atoms with Gasteiger partial charge < -0.3 is 15.8 Å². The zero-order chi connectivity index (χ0) is 15.2. The molecule has 0 spiro atoms. The average molecular weight is 307 g/mol. The predicted octanol–water partition coefficient (Wildman–Crippen LogP) is 2.19. The molecule has 2 rings (SSSR count). The number of hydrogen-bond donors (Lipinski definition) is 2. The number of methoxy groups -OCH3 is 1. The van der Waals surface area contributed by atoms with Gasteiger partial charge >= 0.3 is 0 Å². The van der Waals surface area contributed by atoms with Crippen LogP contribution in [0.25, 0.3) is 0 Å². The standard InChI is InChI=1S/C15H21N3O2S/c1-20-8-7-12(17)14(19)18-15-11(9-16)10-5-3-2-4-6-13(10)21-15/h12H,2-8,17H2,1H3,(H,18,19). The second kappa shape index (κ2) is 7.55. The number of nitrogens with one attached hydrogen (secondary N) is 1. The van der Waals surface area contributed by atoms with Crippen LogP contribution in [-0.4, -0.2) is 25.7 Å². The second-order valence-corrected chi connectivity index (χ2v) is 6.36. The van der Waals surface area contributed by atoms with Crippen LogP contribution in [0.1, 0.15) is 41.7 Å². The molecule has 1 aliphatic carbocycles. The van der Waals surface area contributed by atoms with Crippen molar-refractivity contribution in [2.45, 2.75) is 44.6 Å². The molecule has 0 aliphatic heterocycles. The number of hydrogen-bond acceptors (Lipinski definition) is 5. The molecule has 0 fully saturated rings. The quantitative estimate of drug-likeness (QED) is 0.816. The van der Waals surface area contributed by atoms with Crippen LogP contribution in [0.3, 0.4) is 0 Å². The normalized spacial score (nSPS) is 15.7. The molecule has 1 unspecified atom stereocenters. The molecule has 6 heteroatoms. The van der Waals surface area contributed by atoms with Gasteiger partial charge in [-0.1, -0.05) is 6.42 Å². The highest BCUT2D eigenvalue weighted by molar-refractivity contribution is 7.16. The first-order valence-corrected chi connectivity index (χ1v) is 8.09. The first-order chi connectivity index (χ1) is 10.2. The first kappa shape index (κ1) is 16.0. The molecule has 1 aliphatic rings. The number of amides is 1. The van der Waals surface area contributed by atoms with E-state index in [0.717, 1.165) is 31.2 Å². The SMILES string of the molecule is COCCC(N)C(=O)Nc1sc2c(c1C#N)CCCCC2. The van der Waals surface area contributed by atoms with Crippen LogP contribution in [0.2, 0.25) is 0 Å². The van der Waals surface area contributed by atoms with E-state index in [1.54, 1.807) is 7.11 Å². The van der Waals surface area contributed by atoms with Crippen molar-refractivity contribution in [3.8, 4) is 6.07 Å². The van der Waals surface area contributed by atoms with Crippen LogP contribution in [0.15, 0.2) is 0 Å². The number of carbonyl (C=O) groups is 1. The molecule has 3 N–H and O–H groups in total. The number of ether oxygens (including phenoxy) is 1. The molecule has 21 heavy (non-hydrogen) atoms. The number of fused-ring (bicyclic) bond motifs is 1. The third-order valence-corrected chi connectivity index (χ3v) is 4.95. The monoisotopic (exact) mass is 307 g/mol. The Labute approximate surface area is 129 Å². The van der Waals surface area contributed by atoms with Gasteiger partial charge in [0, 0.05) is 18.6 Å². The van der Waals surface area contributed by atoms with E-state index in [2.05, 4.69) is 11.4 Å². The molecule has 114 valence electrons. The minimum absolute atomic E-state index is 0.250. The van der Waals surface area contributed by atoms with E-state index in [1.807, 2.05) is 0 Å². The minimum Gasteiger partial charge on any atom is -0.385 e. The van der Waals surface area contributed by atoms with Crippen molar-refractivity contribution in [3.63, 3.8) is 0 Å². The molecule has 1 aromatic rings. The van der Waals surface area contributed by atoms with Crippen molar-refractivity contribution in [1.29, 1.82) is 5.26 Å². The van der Waals surface area contributed by atoms with Gasteiger partial charge in [-0.25, -0.2) is 0 Å². The lowest BCUT2D eigenvalue weighted by molar-refractivity contribution is -0.117. The first-order valence-electron chi connectivity index (χ1n) is 7.27. The highest BCUT2D eigenvalue weighted by Gasteiger charge is 2.22. The van der Waals surface area contributed by atoms with Gasteiger partial charge in [0.15, 0.2) is 0 Å². The summed E-state index contributed by atoms with van der Waals surface area (Å²) < 4.78 is 4.93. The Balaban J connectivity index is 2.13. The van der Waals surface area contributed by atoms with Crippen molar-refractivity contribution in [1.82, 2.24) is 0 Å². The molecule has 1 heterocycles. The molecule has 0 saturated heterocycles. The second-order valence-electron chi connectivity index (χ2n) is 5.26. The third-order valence-electron chi connectivity index (χ3n) is 3.74. The Kier molecular flexibility index (Phi) is 5.74. The number of nitrogens with zero attached hydrogens (tertiary/aromatic N) is 1. The lowest BCUT2D eigenvalue weighted by atomic mass is 10.1. The van der Waals surface area contributed by atoms with E-state index < -0.39 is 6.04 Å². The predicted molar refractivity (Wildman–Crippen MR) is 83.4 cm³/mol. The van der Waals surface area contributed by atoms with E-state index >= 15 is 0 Å². The molecule has 0 radical (unpaired) electrons. The zero-order valence-electron chi connectivity index (χ0n) is 12.3. The van der Waals surface area contributed by atoms with Gasteiger partial charge in [-0.2, -0.15) is 5.26 Å². The molecule has 1 atom stereocenters. The summed E-state index contributed by atoms with van der Waals surface area (Å²) in [5.74, 6) is -0.250. The molecule has 0 aromatic carbocycles. The van der Waals surface area contributed by atoms with Crippen LogP contribution in [0.4, 0.5) is 5.00 Å².